The van der Waals surface area contributed by atoms with Gasteiger partial charge in [-0.05, 0) is 104 Å². The summed E-state index contributed by atoms with van der Waals surface area (Å²) in [5.74, 6) is 0.663. The third-order valence-electron chi connectivity index (χ3n) is 12.5. The van der Waals surface area contributed by atoms with Crippen LogP contribution in [0, 0.1) is 0 Å². The Morgan fingerprint density at radius 3 is 1.53 bits per heavy atom. The topological polar surface area (TPSA) is 65.0 Å². The van der Waals surface area contributed by atoms with Gasteiger partial charge in [0.1, 0.15) is 16.7 Å². The summed E-state index contributed by atoms with van der Waals surface area (Å²) in [6, 6.07) is 72.3. The minimum Gasteiger partial charge on any atom is -0.456 e. The summed E-state index contributed by atoms with van der Waals surface area (Å²) >= 11 is 0. The average Bonchev–Trinajstić information content (AvgIpc) is 3.95. The molecule has 0 aliphatic carbocycles. The van der Waals surface area contributed by atoms with Crippen molar-refractivity contribution in [2.24, 2.45) is 0 Å². The summed E-state index contributed by atoms with van der Waals surface area (Å²) in [5.41, 5.74) is 14.3. The monoisotopic (exact) mass is 817 g/mol. The first-order valence-corrected chi connectivity index (χ1v) is 21.5. The minimum absolute atomic E-state index is 0.632. The van der Waals surface area contributed by atoms with Crippen molar-refractivity contribution in [1.29, 1.82) is 0 Å². The molecular weight excluding hydrogens is 783 g/mol. The van der Waals surface area contributed by atoms with Crippen LogP contribution in [0.1, 0.15) is 0 Å². The number of pyridine rings is 1. The maximum absolute atomic E-state index is 6.45. The molecule has 0 aliphatic heterocycles. The molecule has 4 heterocycles. The van der Waals surface area contributed by atoms with Crippen LogP contribution >= 0.6 is 0 Å². The number of rotatable bonds is 6. The van der Waals surface area contributed by atoms with Gasteiger partial charge in [0.2, 0.25) is 5.71 Å². The molecule has 0 unspecified atom stereocenters. The molecule has 0 saturated heterocycles. The number of nitrogens with zero attached hydrogens (tertiary/aromatic N) is 3. The Hall–Kier alpha value is -8.67. The van der Waals surface area contributed by atoms with Gasteiger partial charge in [-0.2, -0.15) is 0 Å². The fourth-order valence-corrected chi connectivity index (χ4v) is 9.34. The Kier molecular flexibility index (Phi) is 8.15. The molecule has 0 aliphatic rings. The van der Waals surface area contributed by atoms with Crippen LogP contribution in [0.15, 0.2) is 221 Å². The highest BCUT2D eigenvalue weighted by Gasteiger charge is 2.18. The number of hydrogen-bond acceptors (Lipinski definition) is 5. The fraction of sp³-hybridized carbons (Fsp3) is 0. The first kappa shape index (κ1) is 36.0. The first-order chi connectivity index (χ1) is 31.7. The maximum atomic E-state index is 6.45. The normalized spacial score (nSPS) is 11.8. The standard InChI is InChI=1S/C59H35N3O2/c1-3-11-36(12-4-1)37-19-21-39(22-20-37)51-34-52(62-58(61-51)40-14-5-2-6-15-40)46-30-44(41-24-26-53-49(32-41)56-47-17-9-7-13-38(47)23-28-55(56)63-53)29-45(31-46)42-25-27-54-50(33-42)57-48-18-10-8-16-43(48)35-60-59(57)64-54/h1-35H. The number of hydrogen-bond donors (Lipinski definition) is 0. The predicted octanol–water partition coefficient (Wildman–Crippen LogP) is 16.0. The van der Waals surface area contributed by atoms with E-state index < -0.39 is 0 Å². The lowest BCUT2D eigenvalue weighted by atomic mass is 9.93. The van der Waals surface area contributed by atoms with E-state index in [0.717, 1.165) is 105 Å². The molecule has 0 amide bonds. The SMILES string of the molecule is c1ccc(-c2ccc(-c3cc(-c4cc(-c5ccc6oc7ccc8ccccc8c7c6c5)cc(-c5ccc6oc7ncc8ccccc8c7c6c5)c4)nc(-c4ccccc4)n3)cc2)cc1. The van der Waals surface area contributed by atoms with E-state index in [2.05, 4.69) is 176 Å². The Morgan fingerprint density at radius 2 is 0.812 bits per heavy atom. The molecule has 64 heavy (non-hydrogen) atoms. The Bertz CT molecular complexity index is 3770. The van der Waals surface area contributed by atoms with E-state index in [9.17, 15) is 0 Å². The molecular formula is C59H35N3O2. The van der Waals surface area contributed by atoms with E-state index in [1.165, 1.54) is 16.3 Å². The summed E-state index contributed by atoms with van der Waals surface area (Å²) in [5, 5.41) is 8.79. The predicted molar refractivity (Wildman–Crippen MR) is 262 cm³/mol. The highest BCUT2D eigenvalue weighted by atomic mass is 16.3. The van der Waals surface area contributed by atoms with Gasteiger partial charge in [-0.3, -0.25) is 0 Å². The smallest absolute Gasteiger partial charge is 0.227 e. The van der Waals surface area contributed by atoms with E-state index >= 15 is 0 Å². The Morgan fingerprint density at radius 1 is 0.297 bits per heavy atom. The van der Waals surface area contributed by atoms with Gasteiger partial charge in [-0.15, -0.1) is 0 Å². The molecule has 0 radical (unpaired) electrons. The van der Waals surface area contributed by atoms with E-state index in [1.54, 1.807) is 0 Å². The molecule has 0 fully saturated rings. The maximum Gasteiger partial charge on any atom is 0.227 e. The highest BCUT2D eigenvalue weighted by molar-refractivity contribution is 6.20. The summed E-state index contributed by atoms with van der Waals surface area (Å²) < 4.78 is 12.8. The highest BCUT2D eigenvalue weighted by Crippen LogP contribution is 2.41. The Balaban J connectivity index is 1.03. The minimum atomic E-state index is 0.632. The molecule has 0 atom stereocenters. The first-order valence-electron chi connectivity index (χ1n) is 21.5. The molecule has 298 valence electrons. The molecule has 4 aromatic heterocycles. The lowest BCUT2D eigenvalue weighted by Gasteiger charge is -2.14. The zero-order valence-electron chi connectivity index (χ0n) is 34.4. The van der Waals surface area contributed by atoms with Gasteiger partial charge in [0, 0.05) is 44.4 Å². The number of furan rings is 2. The van der Waals surface area contributed by atoms with Gasteiger partial charge in [0.25, 0.3) is 0 Å². The van der Waals surface area contributed by atoms with Crippen LogP contribution in [0.5, 0.6) is 0 Å². The molecule has 9 aromatic carbocycles. The molecule has 13 rings (SSSR count). The van der Waals surface area contributed by atoms with Gasteiger partial charge in [0.05, 0.1) is 16.8 Å². The zero-order chi connectivity index (χ0) is 42.1. The lowest BCUT2D eigenvalue weighted by Crippen LogP contribution is -1.96. The van der Waals surface area contributed by atoms with Crippen molar-refractivity contribution in [3.63, 3.8) is 0 Å². The van der Waals surface area contributed by atoms with Gasteiger partial charge in [-0.1, -0.05) is 152 Å². The van der Waals surface area contributed by atoms with E-state index in [1.807, 2.05) is 36.5 Å². The summed E-state index contributed by atoms with van der Waals surface area (Å²) in [6.45, 7) is 0. The third kappa shape index (κ3) is 6.05. The lowest BCUT2D eigenvalue weighted by molar-refractivity contribution is 0.654. The van der Waals surface area contributed by atoms with Gasteiger partial charge in [-0.25, -0.2) is 15.0 Å². The molecule has 0 saturated carbocycles. The molecule has 0 bridgehead atoms. The molecule has 0 spiro atoms. The van der Waals surface area contributed by atoms with Crippen molar-refractivity contribution in [2.75, 3.05) is 0 Å². The summed E-state index contributed by atoms with van der Waals surface area (Å²) in [7, 11) is 0. The average molecular weight is 818 g/mol. The fourth-order valence-electron chi connectivity index (χ4n) is 9.34. The summed E-state index contributed by atoms with van der Waals surface area (Å²) in [4.78, 5) is 15.2. The number of benzene rings is 9. The van der Waals surface area contributed by atoms with Gasteiger partial charge < -0.3 is 8.83 Å². The molecule has 5 nitrogen and oxygen atoms in total. The second kappa shape index (κ2) is 14.5. The number of aromatic nitrogens is 3. The van der Waals surface area contributed by atoms with Crippen LogP contribution in [0.3, 0.4) is 0 Å². The van der Waals surface area contributed by atoms with Gasteiger partial charge >= 0.3 is 0 Å². The van der Waals surface area contributed by atoms with Gasteiger partial charge in [0.15, 0.2) is 5.82 Å². The van der Waals surface area contributed by atoms with Crippen LogP contribution < -0.4 is 0 Å². The van der Waals surface area contributed by atoms with E-state index in [-0.39, 0.29) is 0 Å². The zero-order valence-corrected chi connectivity index (χ0v) is 34.4. The van der Waals surface area contributed by atoms with Crippen molar-refractivity contribution < 1.29 is 8.83 Å². The second-order valence-electron chi connectivity index (χ2n) is 16.4. The van der Waals surface area contributed by atoms with Crippen molar-refractivity contribution >= 4 is 65.6 Å². The van der Waals surface area contributed by atoms with Crippen molar-refractivity contribution in [1.82, 2.24) is 15.0 Å². The van der Waals surface area contributed by atoms with Crippen LogP contribution in [0.2, 0.25) is 0 Å². The van der Waals surface area contributed by atoms with Crippen LogP contribution in [0.4, 0.5) is 0 Å². The van der Waals surface area contributed by atoms with Crippen LogP contribution in [-0.2, 0) is 0 Å². The summed E-state index contributed by atoms with van der Waals surface area (Å²) in [6.07, 6.45) is 1.89. The molecule has 5 heteroatoms. The largest absolute Gasteiger partial charge is 0.456 e. The second-order valence-corrected chi connectivity index (χ2v) is 16.4. The van der Waals surface area contributed by atoms with Crippen molar-refractivity contribution in [3.8, 4) is 67.3 Å². The van der Waals surface area contributed by atoms with Crippen LogP contribution in [-0.4, -0.2) is 15.0 Å². The molecule has 13 aromatic rings. The van der Waals surface area contributed by atoms with Crippen LogP contribution in [0.25, 0.3) is 133 Å². The third-order valence-corrected chi connectivity index (χ3v) is 12.5. The quantitative estimate of drug-likeness (QED) is 0.167. The number of fused-ring (bicyclic) bond motifs is 10. The Labute approximate surface area is 367 Å². The van der Waals surface area contributed by atoms with E-state index in [4.69, 9.17) is 23.8 Å². The molecule has 0 N–H and O–H groups in total. The van der Waals surface area contributed by atoms with E-state index in [0.29, 0.717) is 11.5 Å². The van der Waals surface area contributed by atoms with Crippen molar-refractivity contribution in [2.45, 2.75) is 0 Å². The van der Waals surface area contributed by atoms with Crippen molar-refractivity contribution in [3.05, 3.63) is 212 Å².